The van der Waals surface area contributed by atoms with Crippen molar-refractivity contribution >= 4 is 28.6 Å². The zero-order chi connectivity index (χ0) is 21.3. The molecule has 0 atom stereocenters. The summed E-state index contributed by atoms with van der Waals surface area (Å²) in [5.74, 6) is 0.863. The van der Waals surface area contributed by atoms with Crippen LogP contribution in [0.3, 0.4) is 0 Å². The van der Waals surface area contributed by atoms with Crippen molar-refractivity contribution in [2.24, 2.45) is 4.99 Å². The molecule has 0 radical (unpaired) electrons. The van der Waals surface area contributed by atoms with E-state index in [0.717, 1.165) is 52.2 Å². The minimum Gasteiger partial charge on any atom is -0.340 e. The molecule has 0 bridgehead atoms. The van der Waals surface area contributed by atoms with Gasteiger partial charge >= 0.3 is 0 Å². The second kappa shape index (κ2) is 8.16. The number of anilines is 2. The predicted molar refractivity (Wildman–Crippen MR) is 127 cm³/mol. The Morgan fingerprint density at radius 2 is 1.97 bits per heavy atom. The van der Waals surface area contributed by atoms with Gasteiger partial charge < -0.3 is 5.32 Å². The molecule has 2 aliphatic rings. The molecule has 160 valence electrons. The number of aromatic amines is 1. The van der Waals surface area contributed by atoms with E-state index in [1.807, 2.05) is 36.9 Å². The zero-order valence-corrected chi connectivity index (χ0v) is 17.9. The van der Waals surface area contributed by atoms with Crippen molar-refractivity contribution in [3.05, 3.63) is 65.6 Å². The van der Waals surface area contributed by atoms with E-state index in [4.69, 9.17) is 4.98 Å². The fourth-order valence-corrected chi connectivity index (χ4v) is 4.62. The summed E-state index contributed by atoms with van der Waals surface area (Å²) >= 11 is 0. The van der Waals surface area contributed by atoms with Gasteiger partial charge in [-0.3, -0.25) is 20.0 Å². The number of benzene rings is 1. The van der Waals surface area contributed by atoms with Crippen LogP contribution in [-0.2, 0) is 19.5 Å². The standard InChI is InChI=1S/C25H25N7/c1-2-8-32(7-1)16-17-9-19(13-27-12-17)24-11-18-5-6-26-15-22(18)25(30-24)29-21-3-4-23-20(10-21)14-28-31-23/h3-4,6,9-14H,1-2,5,7-8,15-16H2,(H,28,31)(H,29,30). The maximum absolute atomic E-state index is 5.03. The summed E-state index contributed by atoms with van der Waals surface area (Å²) in [6, 6.07) is 10.6. The summed E-state index contributed by atoms with van der Waals surface area (Å²) in [5.41, 5.74) is 7.67. The number of rotatable bonds is 5. The molecule has 0 saturated carbocycles. The van der Waals surface area contributed by atoms with Gasteiger partial charge in [-0.1, -0.05) is 0 Å². The Kier molecular flexibility index (Phi) is 4.88. The summed E-state index contributed by atoms with van der Waals surface area (Å²) in [6.07, 6.45) is 11.1. The molecule has 4 aromatic rings. The van der Waals surface area contributed by atoms with Crippen LogP contribution in [0.5, 0.6) is 0 Å². The van der Waals surface area contributed by atoms with E-state index in [0.29, 0.717) is 6.54 Å². The number of aliphatic imine (C=N–C) groups is 1. The average molecular weight is 424 g/mol. The van der Waals surface area contributed by atoms with Crippen molar-refractivity contribution in [3.8, 4) is 11.3 Å². The van der Waals surface area contributed by atoms with Gasteiger partial charge in [0.2, 0.25) is 0 Å². The van der Waals surface area contributed by atoms with E-state index < -0.39 is 0 Å². The number of aromatic nitrogens is 4. The molecule has 7 nitrogen and oxygen atoms in total. The largest absolute Gasteiger partial charge is 0.340 e. The van der Waals surface area contributed by atoms with Crippen LogP contribution < -0.4 is 5.32 Å². The normalized spacial score (nSPS) is 15.9. The molecular weight excluding hydrogens is 398 g/mol. The second-order valence-corrected chi connectivity index (χ2v) is 8.58. The first kappa shape index (κ1) is 19.1. The Bertz CT molecular complexity index is 1300. The van der Waals surface area contributed by atoms with Gasteiger partial charge in [-0.15, -0.1) is 0 Å². The Hall–Kier alpha value is -3.58. The molecule has 1 saturated heterocycles. The van der Waals surface area contributed by atoms with Crippen LogP contribution >= 0.6 is 0 Å². The lowest BCUT2D eigenvalue weighted by molar-refractivity contribution is 0.331. The van der Waals surface area contributed by atoms with Crippen LogP contribution in [0, 0.1) is 0 Å². The summed E-state index contributed by atoms with van der Waals surface area (Å²) in [4.78, 5) is 16.6. The van der Waals surface area contributed by atoms with E-state index in [2.05, 4.69) is 48.6 Å². The zero-order valence-electron chi connectivity index (χ0n) is 17.9. The first-order valence-corrected chi connectivity index (χ1v) is 11.2. The number of hydrogen-bond acceptors (Lipinski definition) is 6. The fraction of sp³-hybridized carbons (Fsp3) is 0.280. The third-order valence-electron chi connectivity index (χ3n) is 6.30. The number of nitrogens with zero attached hydrogens (tertiary/aromatic N) is 5. The lowest BCUT2D eigenvalue weighted by Gasteiger charge is -2.19. The molecule has 2 aliphatic heterocycles. The number of likely N-dealkylation sites (tertiary alicyclic amines) is 1. The van der Waals surface area contributed by atoms with Gasteiger partial charge in [0.15, 0.2) is 0 Å². The third-order valence-corrected chi connectivity index (χ3v) is 6.30. The molecule has 0 aliphatic carbocycles. The number of H-pyrrole nitrogens is 1. The Morgan fingerprint density at radius 1 is 1.03 bits per heavy atom. The molecule has 1 aromatic carbocycles. The lowest BCUT2D eigenvalue weighted by atomic mass is 10.0. The minimum absolute atomic E-state index is 0.645. The average Bonchev–Trinajstić information content (AvgIpc) is 3.51. The van der Waals surface area contributed by atoms with Gasteiger partial charge in [0.1, 0.15) is 5.82 Å². The molecule has 3 aromatic heterocycles. The van der Waals surface area contributed by atoms with Crippen LogP contribution in [0.4, 0.5) is 11.5 Å². The first-order chi connectivity index (χ1) is 15.8. The molecule has 0 amide bonds. The van der Waals surface area contributed by atoms with Crippen LogP contribution in [0.1, 0.15) is 29.5 Å². The predicted octanol–water partition coefficient (Wildman–Crippen LogP) is 4.49. The van der Waals surface area contributed by atoms with Crippen molar-refractivity contribution in [3.63, 3.8) is 0 Å². The van der Waals surface area contributed by atoms with E-state index in [1.165, 1.54) is 37.1 Å². The summed E-state index contributed by atoms with van der Waals surface area (Å²) in [5, 5.41) is 11.7. The van der Waals surface area contributed by atoms with Crippen molar-refractivity contribution in [1.29, 1.82) is 0 Å². The smallest absolute Gasteiger partial charge is 0.136 e. The summed E-state index contributed by atoms with van der Waals surface area (Å²) in [7, 11) is 0. The lowest BCUT2D eigenvalue weighted by Crippen LogP contribution is -2.18. The topological polar surface area (TPSA) is 82.1 Å². The van der Waals surface area contributed by atoms with E-state index in [9.17, 15) is 0 Å². The van der Waals surface area contributed by atoms with Crippen LogP contribution in [0.2, 0.25) is 0 Å². The molecule has 5 heterocycles. The Morgan fingerprint density at radius 3 is 2.91 bits per heavy atom. The van der Waals surface area contributed by atoms with Gasteiger partial charge in [0.25, 0.3) is 0 Å². The SMILES string of the molecule is C1=NCc2c(cc(-c3cncc(CN4CCCC4)c3)nc2Nc2ccc3[nH]ncc3c2)C1. The highest BCUT2D eigenvalue weighted by Crippen LogP contribution is 2.31. The van der Waals surface area contributed by atoms with Gasteiger partial charge in [-0.2, -0.15) is 5.10 Å². The van der Waals surface area contributed by atoms with Crippen molar-refractivity contribution in [2.75, 3.05) is 18.4 Å². The molecule has 0 spiro atoms. The summed E-state index contributed by atoms with van der Waals surface area (Å²) in [6.45, 7) is 3.95. The number of pyridine rings is 2. The van der Waals surface area contributed by atoms with Gasteiger partial charge in [-0.05, 0) is 67.4 Å². The highest BCUT2D eigenvalue weighted by molar-refractivity contribution is 5.83. The Balaban J connectivity index is 1.36. The fourth-order valence-electron chi connectivity index (χ4n) is 4.62. The van der Waals surface area contributed by atoms with Crippen LogP contribution in [0.15, 0.2) is 53.9 Å². The highest BCUT2D eigenvalue weighted by atomic mass is 15.1. The monoisotopic (exact) mass is 423 g/mol. The van der Waals surface area contributed by atoms with Crippen molar-refractivity contribution < 1.29 is 0 Å². The van der Waals surface area contributed by atoms with E-state index in [-0.39, 0.29) is 0 Å². The number of nitrogens with one attached hydrogen (secondary N) is 2. The van der Waals surface area contributed by atoms with Crippen molar-refractivity contribution in [2.45, 2.75) is 32.4 Å². The summed E-state index contributed by atoms with van der Waals surface area (Å²) < 4.78 is 0. The van der Waals surface area contributed by atoms with Gasteiger partial charge in [-0.25, -0.2) is 4.98 Å². The second-order valence-electron chi connectivity index (χ2n) is 8.58. The quantitative estimate of drug-likeness (QED) is 0.494. The maximum atomic E-state index is 5.03. The van der Waals surface area contributed by atoms with Crippen molar-refractivity contribution in [1.82, 2.24) is 25.1 Å². The molecule has 6 rings (SSSR count). The molecule has 32 heavy (non-hydrogen) atoms. The van der Waals surface area contributed by atoms with E-state index >= 15 is 0 Å². The number of fused-ring (bicyclic) bond motifs is 2. The van der Waals surface area contributed by atoms with Crippen LogP contribution in [0.25, 0.3) is 22.2 Å². The third kappa shape index (κ3) is 3.76. The van der Waals surface area contributed by atoms with Gasteiger partial charge in [0, 0.05) is 53.8 Å². The Labute approximate surface area is 186 Å². The van der Waals surface area contributed by atoms with Crippen LogP contribution in [-0.4, -0.2) is 44.4 Å². The molecule has 0 unspecified atom stereocenters. The molecule has 7 heteroatoms. The highest BCUT2D eigenvalue weighted by Gasteiger charge is 2.17. The van der Waals surface area contributed by atoms with Gasteiger partial charge in [0.05, 0.1) is 24.0 Å². The molecule has 2 N–H and O–H groups in total. The minimum atomic E-state index is 0.645. The molecular formula is C25H25N7. The maximum Gasteiger partial charge on any atom is 0.136 e. The first-order valence-electron chi connectivity index (χ1n) is 11.2. The molecule has 1 fully saturated rings. The van der Waals surface area contributed by atoms with E-state index in [1.54, 1.807) is 0 Å². The number of hydrogen-bond donors (Lipinski definition) is 2.